The molecule has 0 spiro atoms. The number of nitrogens with one attached hydrogen (secondary N) is 3. The van der Waals surface area contributed by atoms with E-state index in [1.54, 1.807) is 6.21 Å². The highest BCUT2D eigenvalue weighted by atomic mass is 16.5. The summed E-state index contributed by atoms with van der Waals surface area (Å²) in [5.41, 5.74) is 14.5. The number of benzene rings is 3. The molecule has 7 nitrogen and oxygen atoms in total. The number of anilines is 1. The smallest absolute Gasteiger partial charge is 0.258 e. The van der Waals surface area contributed by atoms with E-state index in [1.165, 1.54) is 11.3 Å². The number of nitrogens with zero attached hydrogens (tertiary/aromatic N) is 2. The number of hydrogen-bond donors (Lipinski definition) is 3. The number of hydrogen-bond acceptors (Lipinski definition) is 6. The van der Waals surface area contributed by atoms with E-state index in [4.69, 9.17) is 4.74 Å². The molecule has 3 aromatic carbocycles. The van der Waals surface area contributed by atoms with E-state index in [1.807, 2.05) is 36.4 Å². The van der Waals surface area contributed by atoms with Crippen LogP contribution in [0.1, 0.15) is 48.6 Å². The van der Waals surface area contributed by atoms with Gasteiger partial charge in [-0.3, -0.25) is 4.79 Å². The molecule has 188 valence electrons. The van der Waals surface area contributed by atoms with Crippen LogP contribution in [0.3, 0.4) is 0 Å². The molecular weight excluding hydrogens is 450 g/mol. The fourth-order valence-corrected chi connectivity index (χ4v) is 4.20. The van der Waals surface area contributed by atoms with Gasteiger partial charge in [-0.15, -0.1) is 0 Å². The SMILES string of the molecule is CCN(CC)c1ccc(/C=N/NC(=O)C2CC(c3ccc(OCc4ccc(C)cc4)cc3)NN2)cc1. The number of aryl methyl sites for hydroxylation is 1. The maximum atomic E-state index is 12.6. The van der Waals surface area contributed by atoms with E-state index in [0.717, 1.165) is 35.5 Å². The Balaban J connectivity index is 1.23. The third kappa shape index (κ3) is 6.71. The summed E-state index contributed by atoms with van der Waals surface area (Å²) in [4.78, 5) is 14.9. The summed E-state index contributed by atoms with van der Waals surface area (Å²) in [5.74, 6) is 0.651. The highest BCUT2D eigenvalue weighted by Crippen LogP contribution is 2.25. The Hall–Kier alpha value is -3.68. The summed E-state index contributed by atoms with van der Waals surface area (Å²) in [6, 6.07) is 24.1. The highest BCUT2D eigenvalue weighted by Gasteiger charge is 2.30. The largest absolute Gasteiger partial charge is 0.489 e. The van der Waals surface area contributed by atoms with Crippen LogP contribution in [0, 0.1) is 6.92 Å². The Kier molecular flexibility index (Phi) is 8.71. The first-order chi connectivity index (χ1) is 17.6. The fraction of sp³-hybridized carbons (Fsp3) is 0.310. The van der Waals surface area contributed by atoms with Crippen molar-refractivity contribution in [1.29, 1.82) is 0 Å². The molecular formula is C29H35N5O2. The number of carbonyl (C=O) groups is 1. The lowest BCUT2D eigenvalue weighted by Crippen LogP contribution is -2.41. The van der Waals surface area contributed by atoms with E-state index in [0.29, 0.717) is 13.0 Å². The van der Waals surface area contributed by atoms with Crippen LogP contribution in [0.4, 0.5) is 5.69 Å². The van der Waals surface area contributed by atoms with E-state index in [-0.39, 0.29) is 18.0 Å². The molecule has 0 saturated carbocycles. The maximum absolute atomic E-state index is 12.6. The molecule has 3 aromatic rings. The van der Waals surface area contributed by atoms with Gasteiger partial charge in [0.2, 0.25) is 0 Å². The minimum Gasteiger partial charge on any atom is -0.489 e. The second-order valence-electron chi connectivity index (χ2n) is 8.97. The Labute approximate surface area is 213 Å². The van der Waals surface area contributed by atoms with Gasteiger partial charge < -0.3 is 9.64 Å². The summed E-state index contributed by atoms with van der Waals surface area (Å²) in [6.07, 6.45) is 2.29. The van der Waals surface area contributed by atoms with Crippen molar-refractivity contribution in [3.63, 3.8) is 0 Å². The first kappa shape index (κ1) is 25.4. The second kappa shape index (κ2) is 12.3. The molecule has 0 aromatic heterocycles. The van der Waals surface area contributed by atoms with Crippen LogP contribution < -0.4 is 25.9 Å². The van der Waals surface area contributed by atoms with E-state index in [9.17, 15) is 4.79 Å². The first-order valence-corrected chi connectivity index (χ1v) is 12.5. The Morgan fingerprint density at radius 2 is 1.69 bits per heavy atom. The molecule has 0 bridgehead atoms. The fourth-order valence-electron chi connectivity index (χ4n) is 4.20. The molecule has 2 unspecified atom stereocenters. The predicted octanol–water partition coefficient (Wildman–Crippen LogP) is 4.48. The molecule has 1 saturated heterocycles. The van der Waals surface area contributed by atoms with Crippen molar-refractivity contribution >= 4 is 17.8 Å². The molecule has 0 radical (unpaired) electrons. The van der Waals surface area contributed by atoms with Crippen molar-refractivity contribution in [3.05, 3.63) is 95.1 Å². The average molecular weight is 486 g/mol. The van der Waals surface area contributed by atoms with Gasteiger partial charge in [-0.25, -0.2) is 16.3 Å². The van der Waals surface area contributed by atoms with Crippen LogP contribution in [0.15, 0.2) is 77.9 Å². The average Bonchev–Trinajstić information content (AvgIpc) is 3.41. The number of rotatable bonds is 10. The lowest BCUT2D eigenvalue weighted by Gasteiger charge is -2.20. The molecule has 1 aliphatic rings. The Morgan fingerprint density at radius 1 is 1.00 bits per heavy atom. The summed E-state index contributed by atoms with van der Waals surface area (Å²) < 4.78 is 5.90. The minimum absolute atomic E-state index is 0.0310. The van der Waals surface area contributed by atoms with Crippen molar-refractivity contribution in [2.24, 2.45) is 5.10 Å². The quantitative estimate of drug-likeness (QED) is 0.292. The van der Waals surface area contributed by atoms with Crippen molar-refractivity contribution in [2.45, 2.75) is 45.9 Å². The lowest BCUT2D eigenvalue weighted by atomic mass is 10.0. The van der Waals surface area contributed by atoms with Gasteiger partial charge in [-0.1, -0.05) is 54.1 Å². The number of amides is 1. The van der Waals surface area contributed by atoms with Crippen LogP contribution in [0.2, 0.25) is 0 Å². The first-order valence-electron chi connectivity index (χ1n) is 12.5. The molecule has 1 fully saturated rings. The zero-order valence-electron chi connectivity index (χ0n) is 21.2. The normalized spacial score (nSPS) is 17.3. The molecule has 0 aliphatic carbocycles. The third-order valence-corrected chi connectivity index (χ3v) is 6.44. The molecule has 1 amide bonds. The van der Waals surface area contributed by atoms with Gasteiger partial charge in [0.15, 0.2) is 0 Å². The van der Waals surface area contributed by atoms with Gasteiger partial charge in [0.25, 0.3) is 5.91 Å². The number of hydrazone groups is 1. The maximum Gasteiger partial charge on any atom is 0.258 e. The van der Waals surface area contributed by atoms with Gasteiger partial charge in [0.05, 0.1) is 6.21 Å². The van der Waals surface area contributed by atoms with E-state index < -0.39 is 0 Å². The van der Waals surface area contributed by atoms with Gasteiger partial charge in [-0.2, -0.15) is 5.10 Å². The van der Waals surface area contributed by atoms with Gasteiger partial charge in [0.1, 0.15) is 18.4 Å². The Bertz CT molecular complexity index is 1140. The molecule has 4 rings (SSSR count). The van der Waals surface area contributed by atoms with Crippen LogP contribution in [-0.4, -0.2) is 31.3 Å². The third-order valence-electron chi connectivity index (χ3n) is 6.44. The topological polar surface area (TPSA) is 78.0 Å². The molecule has 2 atom stereocenters. The van der Waals surface area contributed by atoms with Gasteiger partial charge >= 0.3 is 0 Å². The summed E-state index contributed by atoms with van der Waals surface area (Å²) in [5, 5.41) is 4.14. The molecule has 1 aliphatic heterocycles. The van der Waals surface area contributed by atoms with Crippen molar-refractivity contribution in [3.8, 4) is 5.75 Å². The van der Waals surface area contributed by atoms with Crippen molar-refractivity contribution in [2.75, 3.05) is 18.0 Å². The molecule has 36 heavy (non-hydrogen) atoms. The highest BCUT2D eigenvalue weighted by molar-refractivity contribution is 5.85. The number of ether oxygens (including phenoxy) is 1. The summed E-state index contributed by atoms with van der Waals surface area (Å²) >= 11 is 0. The second-order valence-corrected chi connectivity index (χ2v) is 8.97. The zero-order chi connectivity index (χ0) is 25.3. The van der Waals surface area contributed by atoms with E-state index >= 15 is 0 Å². The van der Waals surface area contributed by atoms with Crippen LogP contribution >= 0.6 is 0 Å². The number of hydrazine groups is 1. The van der Waals surface area contributed by atoms with Crippen molar-refractivity contribution < 1.29 is 9.53 Å². The van der Waals surface area contributed by atoms with Crippen LogP contribution in [0.25, 0.3) is 0 Å². The monoisotopic (exact) mass is 485 g/mol. The standard InChI is InChI=1S/C29H35N5O2/c1-4-34(5-2)25-14-10-22(11-15-25)19-30-33-29(35)28-18-27(31-32-28)24-12-16-26(17-13-24)36-20-23-8-6-21(3)7-9-23/h6-17,19,27-28,31-32H,4-5,18,20H2,1-3H3,(H,33,35)/b30-19+. The summed E-state index contributed by atoms with van der Waals surface area (Å²) in [6.45, 7) is 8.82. The lowest BCUT2D eigenvalue weighted by molar-refractivity contribution is -0.122. The van der Waals surface area contributed by atoms with Crippen LogP contribution in [-0.2, 0) is 11.4 Å². The predicted molar refractivity (Wildman–Crippen MR) is 145 cm³/mol. The molecule has 7 heteroatoms. The molecule has 1 heterocycles. The Morgan fingerprint density at radius 3 is 2.36 bits per heavy atom. The summed E-state index contributed by atoms with van der Waals surface area (Å²) in [7, 11) is 0. The van der Waals surface area contributed by atoms with Crippen LogP contribution in [0.5, 0.6) is 5.75 Å². The van der Waals surface area contributed by atoms with Gasteiger partial charge in [0, 0.05) is 24.8 Å². The number of carbonyl (C=O) groups excluding carboxylic acids is 1. The zero-order valence-corrected chi connectivity index (χ0v) is 21.2. The molecule has 3 N–H and O–H groups in total. The minimum atomic E-state index is -0.366. The van der Waals surface area contributed by atoms with Crippen molar-refractivity contribution in [1.82, 2.24) is 16.3 Å². The van der Waals surface area contributed by atoms with Gasteiger partial charge in [-0.05, 0) is 68.1 Å². The van der Waals surface area contributed by atoms with E-state index in [2.05, 4.69) is 83.4 Å².